The molecule has 2 aromatic rings. The van der Waals surface area contributed by atoms with E-state index in [0.29, 0.717) is 11.4 Å². The van der Waals surface area contributed by atoms with E-state index in [4.69, 9.17) is 4.74 Å². The van der Waals surface area contributed by atoms with Gasteiger partial charge in [0.15, 0.2) is 0 Å². The van der Waals surface area contributed by atoms with E-state index in [0.717, 1.165) is 12.1 Å². The van der Waals surface area contributed by atoms with Gasteiger partial charge in [-0.05, 0) is 17.7 Å². The zero-order valence-corrected chi connectivity index (χ0v) is 11.1. The van der Waals surface area contributed by atoms with Crippen LogP contribution in [0.1, 0.15) is 22.9 Å². The quantitative estimate of drug-likeness (QED) is 0.943. The highest BCUT2D eigenvalue weighted by Gasteiger charge is 2.30. The summed E-state index contributed by atoms with van der Waals surface area (Å²) < 4.78 is 42.7. The number of benzene rings is 1. The second kappa shape index (κ2) is 6.09. The first kappa shape index (κ1) is 15.2. The third-order valence-electron chi connectivity index (χ3n) is 2.89. The highest BCUT2D eigenvalue weighted by atomic mass is 19.4. The molecule has 1 aromatic heterocycles. The van der Waals surface area contributed by atoms with Crippen molar-refractivity contribution in [2.24, 2.45) is 0 Å². The van der Waals surface area contributed by atoms with E-state index >= 15 is 0 Å². The van der Waals surface area contributed by atoms with Crippen LogP contribution in [-0.4, -0.2) is 22.4 Å². The molecule has 1 atom stereocenters. The molecule has 7 heteroatoms. The number of ether oxygens (including phenoxy) is 1. The molecule has 1 unspecified atom stereocenters. The van der Waals surface area contributed by atoms with Crippen molar-refractivity contribution in [2.45, 2.75) is 18.7 Å². The minimum absolute atomic E-state index is 0.0188. The van der Waals surface area contributed by atoms with Crippen molar-refractivity contribution in [2.75, 3.05) is 7.11 Å². The summed E-state index contributed by atoms with van der Waals surface area (Å²) in [5.74, 6) is 0.296. The van der Waals surface area contributed by atoms with Crippen LogP contribution in [0.5, 0.6) is 5.88 Å². The Balaban J connectivity index is 2.13. The average Bonchev–Trinajstić information content (AvgIpc) is 2.47. The number of hydrogen-bond acceptors (Lipinski definition) is 4. The van der Waals surface area contributed by atoms with Gasteiger partial charge in [0.2, 0.25) is 5.88 Å². The molecule has 0 bridgehead atoms. The van der Waals surface area contributed by atoms with Gasteiger partial charge in [-0.2, -0.15) is 13.2 Å². The van der Waals surface area contributed by atoms with E-state index < -0.39 is 17.8 Å². The van der Waals surface area contributed by atoms with Gasteiger partial charge in [0.1, 0.15) is 6.10 Å². The number of rotatable bonds is 4. The third-order valence-corrected chi connectivity index (χ3v) is 2.89. The van der Waals surface area contributed by atoms with Crippen LogP contribution < -0.4 is 4.74 Å². The molecule has 1 aromatic carbocycles. The van der Waals surface area contributed by atoms with Gasteiger partial charge >= 0.3 is 6.18 Å². The van der Waals surface area contributed by atoms with Crippen LogP contribution in [0.2, 0.25) is 0 Å². The van der Waals surface area contributed by atoms with Crippen molar-refractivity contribution >= 4 is 0 Å². The van der Waals surface area contributed by atoms with Gasteiger partial charge in [-0.3, -0.25) is 0 Å². The molecule has 0 aliphatic carbocycles. The van der Waals surface area contributed by atoms with Gasteiger partial charge in [0.05, 0.1) is 18.4 Å². The number of aromatic nitrogens is 2. The molecule has 0 saturated carbocycles. The van der Waals surface area contributed by atoms with E-state index in [2.05, 4.69) is 10.2 Å². The third kappa shape index (κ3) is 3.91. The highest BCUT2D eigenvalue weighted by molar-refractivity contribution is 5.27. The molecule has 1 heterocycles. The van der Waals surface area contributed by atoms with Crippen molar-refractivity contribution in [1.29, 1.82) is 0 Å². The lowest BCUT2D eigenvalue weighted by molar-refractivity contribution is -0.137. The second-order valence-electron chi connectivity index (χ2n) is 4.42. The zero-order chi connectivity index (χ0) is 15.5. The van der Waals surface area contributed by atoms with Crippen LogP contribution in [0.4, 0.5) is 13.2 Å². The maximum Gasteiger partial charge on any atom is 0.416 e. The van der Waals surface area contributed by atoms with Crippen molar-refractivity contribution in [3.63, 3.8) is 0 Å². The SMILES string of the molecule is COc1ccc(C(O)Cc2cccc(C(F)(F)F)c2)nn1. The average molecular weight is 298 g/mol. The molecular weight excluding hydrogens is 285 g/mol. The first-order chi connectivity index (χ1) is 9.90. The highest BCUT2D eigenvalue weighted by Crippen LogP contribution is 2.30. The number of halogens is 3. The lowest BCUT2D eigenvalue weighted by Gasteiger charge is -2.12. The normalized spacial score (nSPS) is 13.0. The Morgan fingerprint density at radius 3 is 2.52 bits per heavy atom. The summed E-state index contributed by atoms with van der Waals surface area (Å²) in [6.45, 7) is 0. The molecule has 1 N–H and O–H groups in total. The molecule has 112 valence electrons. The minimum Gasteiger partial charge on any atom is -0.480 e. The summed E-state index contributed by atoms with van der Waals surface area (Å²) in [6.07, 6.45) is -5.42. The van der Waals surface area contributed by atoms with Gasteiger partial charge in [-0.15, -0.1) is 10.2 Å². The van der Waals surface area contributed by atoms with Crippen molar-refractivity contribution in [3.05, 3.63) is 53.2 Å². The zero-order valence-electron chi connectivity index (χ0n) is 11.1. The number of hydrogen-bond donors (Lipinski definition) is 1. The van der Waals surface area contributed by atoms with Crippen LogP contribution >= 0.6 is 0 Å². The van der Waals surface area contributed by atoms with Crippen LogP contribution in [0.3, 0.4) is 0 Å². The summed E-state index contributed by atoms with van der Waals surface area (Å²) in [6, 6.07) is 7.88. The van der Waals surface area contributed by atoms with Gasteiger partial charge in [0, 0.05) is 12.5 Å². The van der Waals surface area contributed by atoms with E-state index in [9.17, 15) is 18.3 Å². The summed E-state index contributed by atoms with van der Waals surface area (Å²) in [5, 5.41) is 17.5. The second-order valence-corrected chi connectivity index (χ2v) is 4.42. The van der Waals surface area contributed by atoms with Crippen LogP contribution in [0.25, 0.3) is 0 Å². The molecule has 0 radical (unpaired) electrons. The Morgan fingerprint density at radius 1 is 1.19 bits per heavy atom. The molecule has 0 aliphatic heterocycles. The van der Waals surface area contributed by atoms with Crippen LogP contribution in [0, 0.1) is 0 Å². The number of alkyl halides is 3. The molecule has 0 spiro atoms. The summed E-state index contributed by atoms with van der Waals surface area (Å²) in [4.78, 5) is 0. The fraction of sp³-hybridized carbons (Fsp3) is 0.286. The maximum absolute atomic E-state index is 12.6. The Bertz CT molecular complexity index is 600. The lowest BCUT2D eigenvalue weighted by Crippen LogP contribution is -2.08. The minimum atomic E-state index is -4.40. The Labute approximate surface area is 119 Å². The molecule has 4 nitrogen and oxygen atoms in total. The standard InChI is InChI=1S/C14H13F3N2O2/c1-21-13-6-5-11(18-19-13)12(20)8-9-3-2-4-10(7-9)14(15,16)17/h2-7,12,20H,8H2,1H3. The van der Waals surface area contributed by atoms with Crippen molar-refractivity contribution in [1.82, 2.24) is 10.2 Å². The first-order valence-corrected chi connectivity index (χ1v) is 6.12. The topological polar surface area (TPSA) is 55.2 Å². The fourth-order valence-corrected chi connectivity index (χ4v) is 1.82. The Hall–Kier alpha value is -2.15. The van der Waals surface area contributed by atoms with Crippen molar-refractivity contribution < 1.29 is 23.0 Å². The predicted octanol–water partition coefficient (Wildman–Crippen LogP) is 2.78. The van der Waals surface area contributed by atoms with Crippen molar-refractivity contribution in [3.8, 4) is 5.88 Å². The lowest BCUT2D eigenvalue weighted by atomic mass is 10.0. The molecule has 21 heavy (non-hydrogen) atoms. The molecular formula is C14H13F3N2O2. The number of methoxy groups -OCH3 is 1. The Kier molecular flexibility index (Phi) is 4.42. The number of aliphatic hydroxyl groups is 1. The predicted molar refractivity (Wildman–Crippen MR) is 68.7 cm³/mol. The molecule has 0 saturated heterocycles. The van der Waals surface area contributed by atoms with Gasteiger partial charge < -0.3 is 9.84 Å². The summed E-state index contributed by atoms with van der Waals surface area (Å²) in [5.41, 5.74) is -0.101. The fourth-order valence-electron chi connectivity index (χ4n) is 1.82. The Morgan fingerprint density at radius 2 is 1.95 bits per heavy atom. The smallest absolute Gasteiger partial charge is 0.416 e. The molecule has 0 aliphatic rings. The maximum atomic E-state index is 12.6. The summed E-state index contributed by atoms with van der Waals surface area (Å²) in [7, 11) is 1.43. The van der Waals surface area contributed by atoms with E-state index in [1.807, 2.05) is 0 Å². The largest absolute Gasteiger partial charge is 0.480 e. The number of aliphatic hydroxyl groups excluding tert-OH is 1. The van der Waals surface area contributed by atoms with Gasteiger partial charge in [-0.25, -0.2) is 0 Å². The number of nitrogens with zero attached hydrogens (tertiary/aromatic N) is 2. The molecule has 2 rings (SSSR count). The van der Waals surface area contributed by atoms with E-state index in [1.54, 1.807) is 0 Å². The van der Waals surface area contributed by atoms with E-state index in [-0.39, 0.29) is 12.1 Å². The first-order valence-electron chi connectivity index (χ1n) is 6.12. The van der Waals surface area contributed by atoms with E-state index in [1.165, 1.54) is 31.4 Å². The van der Waals surface area contributed by atoms with Crippen LogP contribution in [-0.2, 0) is 12.6 Å². The molecule has 0 fully saturated rings. The molecule has 0 amide bonds. The van der Waals surface area contributed by atoms with Gasteiger partial charge in [-0.1, -0.05) is 18.2 Å². The van der Waals surface area contributed by atoms with Crippen LogP contribution in [0.15, 0.2) is 36.4 Å². The van der Waals surface area contributed by atoms with Gasteiger partial charge in [0.25, 0.3) is 0 Å². The monoisotopic (exact) mass is 298 g/mol. The summed E-state index contributed by atoms with van der Waals surface area (Å²) >= 11 is 0.